The Labute approximate surface area is 202 Å². The Kier molecular flexibility index (Phi) is 5.90. The van der Waals surface area contributed by atoms with Gasteiger partial charge in [0.05, 0.1) is 31.3 Å². The molecule has 0 bridgehead atoms. The number of thioether (sulfide) groups is 1. The maximum absolute atomic E-state index is 15.2. The Hall–Kier alpha value is -3.18. The van der Waals surface area contributed by atoms with E-state index in [4.69, 9.17) is 17.3 Å². The predicted octanol–water partition coefficient (Wildman–Crippen LogP) is 4.06. The van der Waals surface area contributed by atoms with Gasteiger partial charge in [0, 0.05) is 23.8 Å². The van der Waals surface area contributed by atoms with Crippen molar-refractivity contribution in [3.05, 3.63) is 76.6 Å². The van der Waals surface area contributed by atoms with Gasteiger partial charge in [0.15, 0.2) is 16.8 Å². The summed E-state index contributed by atoms with van der Waals surface area (Å²) in [6, 6.07) is 4.30. The molecule has 0 unspecified atom stereocenters. The first-order chi connectivity index (χ1) is 16.3. The van der Waals surface area contributed by atoms with Gasteiger partial charge in [-0.1, -0.05) is 29.4 Å². The summed E-state index contributed by atoms with van der Waals surface area (Å²) in [6.07, 6.45) is 5.86. The number of nitrogens with zero attached hydrogens (tertiary/aromatic N) is 6. The molecule has 3 aromatic rings. The molecule has 1 saturated heterocycles. The quantitative estimate of drug-likeness (QED) is 0.574. The molecule has 0 radical (unpaired) electrons. The molecule has 0 spiro atoms. The lowest BCUT2D eigenvalue weighted by Gasteiger charge is -2.35. The molecule has 174 valence electrons. The van der Waals surface area contributed by atoms with Gasteiger partial charge in [-0.2, -0.15) is 0 Å². The first kappa shape index (κ1) is 22.6. The lowest BCUT2D eigenvalue weighted by atomic mass is 9.81. The van der Waals surface area contributed by atoms with Crippen LogP contribution in [0, 0.1) is 17.6 Å². The van der Waals surface area contributed by atoms with Gasteiger partial charge in [-0.05, 0) is 23.8 Å². The van der Waals surface area contributed by atoms with E-state index in [9.17, 15) is 8.78 Å². The fraction of sp³-hybridized carbons (Fsp3) is 0.227. The maximum Gasteiger partial charge on any atom is 0.225 e. The van der Waals surface area contributed by atoms with Crippen molar-refractivity contribution in [2.45, 2.75) is 5.54 Å². The third-order valence-electron chi connectivity index (χ3n) is 5.79. The lowest BCUT2D eigenvalue weighted by molar-refractivity contribution is 0.370. The fourth-order valence-electron chi connectivity index (χ4n) is 4.24. The van der Waals surface area contributed by atoms with Crippen molar-refractivity contribution in [2.75, 3.05) is 23.7 Å². The minimum atomic E-state index is -1.03. The van der Waals surface area contributed by atoms with E-state index in [2.05, 4.69) is 24.9 Å². The average Bonchev–Trinajstić information content (AvgIpc) is 3.20. The van der Waals surface area contributed by atoms with Crippen LogP contribution < -0.4 is 10.6 Å². The molecule has 2 N–H and O–H groups in total. The van der Waals surface area contributed by atoms with Crippen molar-refractivity contribution in [2.24, 2.45) is 16.6 Å². The molecule has 2 atom stereocenters. The highest BCUT2D eigenvalue weighted by Gasteiger charge is 2.52. The second-order valence-corrected chi connectivity index (χ2v) is 9.35. The number of nitrogens with two attached hydrogens (primary N) is 1. The number of hydrogen-bond donors (Lipinski definition) is 1. The molecule has 0 aliphatic carbocycles. The molecule has 2 aromatic heterocycles. The first-order valence-corrected chi connectivity index (χ1v) is 11.6. The first-order valence-electron chi connectivity index (χ1n) is 10.2. The van der Waals surface area contributed by atoms with Gasteiger partial charge in [0.1, 0.15) is 22.2 Å². The Bertz CT molecular complexity index is 1290. The minimum Gasteiger partial charge on any atom is -0.379 e. The van der Waals surface area contributed by atoms with Crippen molar-refractivity contribution in [1.82, 2.24) is 19.9 Å². The van der Waals surface area contributed by atoms with Gasteiger partial charge < -0.3 is 10.6 Å². The van der Waals surface area contributed by atoms with E-state index < -0.39 is 23.0 Å². The highest BCUT2D eigenvalue weighted by Crippen LogP contribution is 2.47. The van der Waals surface area contributed by atoms with Gasteiger partial charge in [-0.15, -0.1) is 0 Å². The molecule has 0 saturated carbocycles. The topological polar surface area (TPSA) is 93.2 Å². The van der Waals surface area contributed by atoms with Crippen LogP contribution in [0.1, 0.15) is 16.8 Å². The van der Waals surface area contributed by atoms with Crippen LogP contribution >= 0.6 is 23.4 Å². The Morgan fingerprint density at radius 3 is 2.68 bits per heavy atom. The van der Waals surface area contributed by atoms with Crippen LogP contribution in [0.4, 0.5) is 19.1 Å². The van der Waals surface area contributed by atoms with Gasteiger partial charge in [0.2, 0.25) is 5.95 Å². The summed E-state index contributed by atoms with van der Waals surface area (Å²) >= 11 is 7.10. The Morgan fingerprint density at radius 1 is 1.15 bits per heavy atom. The Balaban J connectivity index is 1.55. The molecule has 4 heterocycles. The molecular weight excluding hydrogens is 487 g/mol. The fourth-order valence-corrected chi connectivity index (χ4v) is 5.32. The molecule has 1 aromatic carbocycles. The number of hydrogen-bond acceptors (Lipinski definition) is 8. The van der Waals surface area contributed by atoms with E-state index in [1.54, 1.807) is 6.07 Å². The van der Waals surface area contributed by atoms with E-state index in [0.29, 0.717) is 29.0 Å². The number of rotatable bonds is 4. The summed E-state index contributed by atoms with van der Waals surface area (Å²) in [6.45, 7) is 0.712. The molecule has 7 nitrogen and oxygen atoms in total. The molecule has 2 aliphatic rings. The molecule has 34 heavy (non-hydrogen) atoms. The van der Waals surface area contributed by atoms with Gasteiger partial charge in [0.25, 0.3) is 0 Å². The number of aliphatic imine (C=N–C) groups is 1. The van der Waals surface area contributed by atoms with Crippen molar-refractivity contribution in [3.63, 3.8) is 0 Å². The summed E-state index contributed by atoms with van der Waals surface area (Å²) in [4.78, 5) is 22.4. The lowest BCUT2D eigenvalue weighted by Crippen LogP contribution is -2.40. The van der Waals surface area contributed by atoms with E-state index in [1.807, 2.05) is 4.90 Å². The van der Waals surface area contributed by atoms with Crippen LogP contribution in [-0.4, -0.2) is 43.9 Å². The number of aromatic nitrogens is 4. The smallest absolute Gasteiger partial charge is 0.225 e. The number of fused-ring (bicyclic) bond motifs is 1. The van der Waals surface area contributed by atoms with E-state index in [-0.39, 0.29) is 28.9 Å². The van der Waals surface area contributed by atoms with Crippen molar-refractivity contribution in [1.29, 1.82) is 0 Å². The number of benzene rings is 1. The van der Waals surface area contributed by atoms with Gasteiger partial charge >= 0.3 is 0 Å². The largest absolute Gasteiger partial charge is 0.379 e. The molecule has 0 amide bonds. The highest BCUT2D eigenvalue weighted by atomic mass is 35.5. The molecule has 12 heteroatoms. The second-order valence-electron chi connectivity index (χ2n) is 7.92. The zero-order valence-electron chi connectivity index (χ0n) is 17.5. The van der Waals surface area contributed by atoms with Crippen molar-refractivity contribution >= 4 is 46.4 Å². The van der Waals surface area contributed by atoms with Crippen LogP contribution in [0.2, 0.25) is 5.15 Å². The third kappa shape index (κ3) is 4.21. The van der Waals surface area contributed by atoms with Crippen LogP contribution in [0.15, 0.2) is 48.0 Å². The van der Waals surface area contributed by atoms with Crippen molar-refractivity contribution < 1.29 is 13.2 Å². The summed E-state index contributed by atoms with van der Waals surface area (Å²) in [5.74, 6) is -0.894. The molecular formula is C22H17ClF3N7S. The number of amidine groups is 1. The normalized spacial score (nSPS) is 22.5. The predicted molar refractivity (Wildman–Crippen MR) is 126 cm³/mol. The molecule has 2 aliphatic heterocycles. The summed E-state index contributed by atoms with van der Waals surface area (Å²) in [5.41, 5.74) is 5.75. The SMILES string of the molecule is NC1=N[C@@]2(c3cc(/C=C(\F)c4cnc(Cl)cn4)ccc3F)CN(c3ncc(F)cn3)C[C@H]2CS1. The van der Waals surface area contributed by atoms with E-state index in [1.165, 1.54) is 42.4 Å². The van der Waals surface area contributed by atoms with Gasteiger partial charge in [-0.25, -0.2) is 38.1 Å². The van der Waals surface area contributed by atoms with Crippen LogP contribution in [0.3, 0.4) is 0 Å². The highest BCUT2D eigenvalue weighted by molar-refractivity contribution is 8.13. The zero-order valence-corrected chi connectivity index (χ0v) is 19.1. The van der Waals surface area contributed by atoms with Gasteiger partial charge in [-0.3, -0.25) is 0 Å². The van der Waals surface area contributed by atoms with E-state index in [0.717, 1.165) is 12.4 Å². The maximum atomic E-state index is 15.2. The minimum absolute atomic E-state index is 0.00291. The van der Waals surface area contributed by atoms with E-state index >= 15 is 4.39 Å². The average molecular weight is 504 g/mol. The summed E-state index contributed by atoms with van der Waals surface area (Å²) in [5, 5.41) is 0.480. The third-order valence-corrected chi connectivity index (χ3v) is 6.95. The van der Waals surface area contributed by atoms with Crippen molar-refractivity contribution in [3.8, 4) is 0 Å². The zero-order chi connectivity index (χ0) is 23.9. The summed E-state index contributed by atoms with van der Waals surface area (Å²) in [7, 11) is 0. The standard InChI is InChI=1S/C22H17ClF3N7S/c23-19-8-28-18(7-29-19)17(26)4-12-1-2-16(25)15(3-12)22-11-33(21-30-5-14(24)6-31-21)9-13(22)10-34-20(27)32-22/h1-8,13H,9-11H2,(H2,27,32)/b17-4-/t13-,22-/m0/s1. The number of anilines is 1. The number of halogens is 4. The monoisotopic (exact) mass is 503 g/mol. The van der Waals surface area contributed by atoms with Crippen LogP contribution in [-0.2, 0) is 5.54 Å². The molecule has 1 fully saturated rings. The summed E-state index contributed by atoms with van der Waals surface area (Å²) < 4.78 is 43.3. The second kappa shape index (κ2) is 8.88. The van der Waals surface area contributed by atoms with Crippen LogP contribution in [0.5, 0.6) is 0 Å². The molecule has 5 rings (SSSR count). The van der Waals surface area contributed by atoms with Crippen LogP contribution in [0.25, 0.3) is 11.9 Å². The Morgan fingerprint density at radius 2 is 1.94 bits per heavy atom.